The molecule has 0 bridgehead atoms. The van der Waals surface area contributed by atoms with E-state index in [0.29, 0.717) is 42.5 Å². The molecule has 180 valence electrons. The van der Waals surface area contributed by atoms with Gasteiger partial charge < -0.3 is 23.8 Å². The molecule has 1 aliphatic carbocycles. The highest BCUT2D eigenvalue weighted by Crippen LogP contribution is 2.44. The van der Waals surface area contributed by atoms with Gasteiger partial charge in [-0.05, 0) is 45.4 Å². The van der Waals surface area contributed by atoms with Crippen LogP contribution in [0.3, 0.4) is 0 Å². The molecule has 3 aliphatic rings. The third-order valence-corrected chi connectivity index (χ3v) is 6.78. The number of fused-ring (bicyclic) bond motifs is 2. The molecule has 9 heteroatoms. The van der Waals surface area contributed by atoms with E-state index in [4.69, 9.17) is 23.9 Å². The van der Waals surface area contributed by atoms with E-state index in [0.717, 1.165) is 11.1 Å². The van der Waals surface area contributed by atoms with Crippen LogP contribution in [-0.2, 0) is 25.5 Å². The van der Waals surface area contributed by atoms with Crippen LogP contribution in [0.25, 0.3) is 11.3 Å². The average Bonchev–Trinajstić information content (AvgIpc) is 3.37. The molecule has 2 aromatic heterocycles. The SMILES string of the molecule is COC1=C2OCOC2(OC)CC(CC(C)N2c3nc(-c4ccncc4)cc(=O)n3CC2(C)C)=C1. The maximum absolute atomic E-state index is 13.0. The second kappa shape index (κ2) is 8.25. The fraction of sp³-hybridized carbons (Fsp3) is 0.480. The molecular formula is C25H30N4O5. The highest BCUT2D eigenvalue weighted by atomic mass is 16.8. The van der Waals surface area contributed by atoms with Crippen molar-refractivity contribution in [2.24, 2.45) is 0 Å². The zero-order valence-electron chi connectivity index (χ0n) is 20.2. The standard InChI is InChI=1S/C25H30N4O5/c1-16(10-17-11-20(31-4)22-25(13-17,32-5)34-15-33-22)29-23-27-19(18-6-8-26-9-7-18)12-21(30)28(23)14-24(29,2)3/h6-9,11-12,16H,10,13-15H2,1-5H3. The quantitative estimate of drug-likeness (QED) is 0.641. The number of aromatic nitrogens is 3. The summed E-state index contributed by atoms with van der Waals surface area (Å²) in [6, 6.07) is 5.38. The van der Waals surface area contributed by atoms with Crippen LogP contribution >= 0.6 is 0 Å². The van der Waals surface area contributed by atoms with Gasteiger partial charge in [0, 0.05) is 43.6 Å². The van der Waals surface area contributed by atoms with Gasteiger partial charge in [-0.15, -0.1) is 0 Å². The first-order valence-corrected chi connectivity index (χ1v) is 11.4. The van der Waals surface area contributed by atoms with Crippen LogP contribution in [0.1, 0.15) is 33.6 Å². The van der Waals surface area contributed by atoms with Gasteiger partial charge in [0.15, 0.2) is 12.6 Å². The highest BCUT2D eigenvalue weighted by molar-refractivity contribution is 5.60. The summed E-state index contributed by atoms with van der Waals surface area (Å²) in [5, 5.41) is 0. The number of hydrogen-bond acceptors (Lipinski definition) is 8. The Kier molecular flexibility index (Phi) is 5.49. The van der Waals surface area contributed by atoms with Crippen molar-refractivity contribution in [2.75, 3.05) is 25.9 Å². The zero-order valence-corrected chi connectivity index (χ0v) is 20.2. The molecule has 0 spiro atoms. The normalized spacial score (nSPS) is 23.8. The molecule has 9 nitrogen and oxygen atoms in total. The first-order chi connectivity index (χ1) is 16.3. The third-order valence-electron chi connectivity index (χ3n) is 6.78. The third kappa shape index (κ3) is 3.59. The van der Waals surface area contributed by atoms with Crippen LogP contribution in [0.4, 0.5) is 5.95 Å². The minimum atomic E-state index is -0.961. The van der Waals surface area contributed by atoms with Gasteiger partial charge in [0.2, 0.25) is 17.5 Å². The van der Waals surface area contributed by atoms with E-state index in [1.54, 1.807) is 37.2 Å². The summed E-state index contributed by atoms with van der Waals surface area (Å²) in [5.74, 6) is 0.912. The van der Waals surface area contributed by atoms with Crippen molar-refractivity contribution in [2.45, 2.75) is 57.5 Å². The molecule has 2 aromatic rings. The van der Waals surface area contributed by atoms with Crippen molar-refractivity contribution in [3.05, 3.63) is 64.1 Å². The van der Waals surface area contributed by atoms with E-state index < -0.39 is 5.79 Å². The number of methoxy groups -OCH3 is 2. The molecule has 2 aliphatic heterocycles. The van der Waals surface area contributed by atoms with Crippen molar-refractivity contribution < 1.29 is 18.9 Å². The lowest BCUT2D eigenvalue weighted by Gasteiger charge is -2.38. The van der Waals surface area contributed by atoms with Gasteiger partial charge in [0.1, 0.15) is 0 Å². The molecule has 1 saturated heterocycles. The molecule has 0 aromatic carbocycles. The second-order valence-corrected chi connectivity index (χ2v) is 9.58. The van der Waals surface area contributed by atoms with Crippen LogP contribution in [-0.4, -0.2) is 52.9 Å². The first kappa shape index (κ1) is 22.6. The van der Waals surface area contributed by atoms with Crippen molar-refractivity contribution in [3.8, 4) is 11.3 Å². The number of nitrogens with zero attached hydrogens (tertiary/aromatic N) is 4. The van der Waals surface area contributed by atoms with Crippen LogP contribution in [0.15, 0.2) is 58.6 Å². The Hall–Kier alpha value is -3.17. The van der Waals surface area contributed by atoms with Crippen LogP contribution in [0.5, 0.6) is 0 Å². The summed E-state index contributed by atoms with van der Waals surface area (Å²) in [7, 11) is 3.23. The highest BCUT2D eigenvalue weighted by Gasteiger charge is 2.49. The molecule has 2 unspecified atom stereocenters. The maximum atomic E-state index is 13.0. The van der Waals surface area contributed by atoms with E-state index in [9.17, 15) is 4.79 Å². The minimum absolute atomic E-state index is 0.0467. The smallest absolute Gasteiger partial charge is 0.255 e. The van der Waals surface area contributed by atoms with E-state index >= 15 is 0 Å². The van der Waals surface area contributed by atoms with Gasteiger partial charge in [-0.1, -0.05) is 5.57 Å². The number of ether oxygens (including phenoxy) is 4. The number of rotatable bonds is 6. The lowest BCUT2D eigenvalue weighted by molar-refractivity contribution is -0.174. The lowest BCUT2D eigenvalue weighted by Crippen LogP contribution is -2.47. The summed E-state index contributed by atoms with van der Waals surface area (Å²) in [5.41, 5.74) is 2.28. The van der Waals surface area contributed by atoms with Gasteiger partial charge in [-0.2, -0.15) is 0 Å². The number of pyridine rings is 1. The van der Waals surface area contributed by atoms with Gasteiger partial charge in [-0.3, -0.25) is 14.3 Å². The van der Waals surface area contributed by atoms with E-state index in [1.165, 1.54) is 0 Å². The van der Waals surface area contributed by atoms with Crippen LogP contribution < -0.4 is 10.5 Å². The Morgan fingerprint density at radius 1 is 1.24 bits per heavy atom. The minimum Gasteiger partial charge on any atom is -0.493 e. The van der Waals surface area contributed by atoms with E-state index in [-0.39, 0.29) is 23.9 Å². The fourth-order valence-electron chi connectivity index (χ4n) is 5.35. The molecule has 0 amide bonds. The topological polar surface area (TPSA) is 87.9 Å². The van der Waals surface area contributed by atoms with Crippen molar-refractivity contribution in [3.63, 3.8) is 0 Å². The molecule has 0 N–H and O–H groups in total. The number of anilines is 1. The summed E-state index contributed by atoms with van der Waals surface area (Å²) < 4.78 is 24.6. The predicted octanol–water partition coefficient (Wildman–Crippen LogP) is 3.22. The average molecular weight is 467 g/mol. The fourth-order valence-corrected chi connectivity index (χ4v) is 5.35. The van der Waals surface area contributed by atoms with Gasteiger partial charge in [0.25, 0.3) is 5.56 Å². The predicted molar refractivity (Wildman–Crippen MR) is 126 cm³/mol. The number of hydrogen-bond donors (Lipinski definition) is 0. The molecule has 4 heterocycles. The molecule has 34 heavy (non-hydrogen) atoms. The van der Waals surface area contributed by atoms with Crippen molar-refractivity contribution in [1.29, 1.82) is 0 Å². The largest absolute Gasteiger partial charge is 0.493 e. The van der Waals surface area contributed by atoms with Crippen molar-refractivity contribution in [1.82, 2.24) is 14.5 Å². The second-order valence-electron chi connectivity index (χ2n) is 9.58. The van der Waals surface area contributed by atoms with Gasteiger partial charge in [-0.25, -0.2) is 4.98 Å². The van der Waals surface area contributed by atoms with Gasteiger partial charge >= 0.3 is 0 Å². The Morgan fingerprint density at radius 2 is 2.00 bits per heavy atom. The monoisotopic (exact) mass is 466 g/mol. The van der Waals surface area contributed by atoms with E-state index in [2.05, 4.69) is 30.7 Å². The summed E-state index contributed by atoms with van der Waals surface area (Å²) >= 11 is 0. The molecule has 0 radical (unpaired) electrons. The lowest BCUT2D eigenvalue weighted by atomic mass is 9.90. The molecule has 0 saturated carbocycles. The van der Waals surface area contributed by atoms with Gasteiger partial charge in [0.05, 0.1) is 24.9 Å². The molecular weight excluding hydrogens is 436 g/mol. The summed E-state index contributed by atoms with van der Waals surface area (Å²) in [4.78, 5) is 24.3. The first-order valence-electron chi connectivity index (χ1n) is 11.4. The molecule has 2 atom stereocenters. The Labute approximate surface area is 198 Å². The summed E-state index contributed by atoms with van der Waals surface area (Å²) in [6.45, 7) is 7.13. The Bertz CT molecular complexity index is 1220. The van der Waals surface area contributed by atoms with Crippen LogP contribution in [0.2, 0.25) is 0 Å². The molecule has 5 rings (SSSR count). The maximum Gasteiger partial charge on any atom is 0.255 e. The summed E-state index contributed by atoms with van der Waals surface area (Å²) in [6.07, 6.45) is 6.68. The molecule has 1 fully saturated rings. The van der Waals surface area contributed by atoms with E-state index in [1.807, 2.05) is 18.2 Å². The van der Waals surface area contributed by atoms with Crippen molar-refractivity contribution >= 4 is 5.95 Å². The number of allylic oxidation sites excluding steroid dienone is 1. The Balaban J connectivity index is 1.49. The Morgan fingerprint density at radius 3 is 2.71 bits per heavy atom. The zero-order chi connectivity index (χ0) is 24.1. The van der Waals surface area contributed by atoms with Crippen LogP contribution in [0, 0.1) is 0 Å².